The number of pyridine rings is 1. The SMILES string of the molecule is CC1(C)OB(c2cncc(C(O)C(F)(F)F)c2)OC1(C)C. The molecule has 2 rings (SSSR count). The molecule has 1 aromatic rings. The molecule has 1 N–H and O–H groups in total. The van der Waals surface area contributed by atoms with Crippen LogP contribution in [0.2, 0.25) is 0 Å². The number of halogens is 3. The molecule has 1 aliphatic rings. The van der Waals surface area contributed by atoms with E-state index in [1.54, 1.807) is 0 Å². The van der Waals surface area contributed by atoms with Crippen molar-refractivity contribution >= 4 is 12.6 Å². The molecule has 1 unspecified atom stereocenters. The lowest BCUT2D eigenvalue weighted by molar-refractivity contribution is -0.206. The van der Waals surface area contributed by atoms with E-state index >= 15 is 0 Å². The van der Waals surface area contributed by atoms with Gasteiger partial charge in [0.2, 0.25) is 0 Å². The minimum atomic E-state index is -4.74. The van der Waals surface area contributed by atoms with Gasteiger partial charge in [-0.2, -0.15) is 13.2 Å². The van der Waals surface area contributed by atoms with Crippen molar-refractivity contribution in [2.24, 2.45) is 0 Å². The number of aromatic nitrogens is 1. The van der Waals surface area contributed by atoms with Crippen molar-refractivity contribution in [3.63, 3.8) is 0 Å². The molecule has 8 heteroatoms. The van der Waals surface area contributed by atoms with Gasteiger partial charge in [0.15, 0.2) is 6.10 Å². The summed E-state index contributed by atoms with van der Waals surface area (Å²) in [7, 11) is -0.817. The average molecular weight is 303 g/mol. The van der Waals surface area contributed by atoms with Crippen LogP contribution >= 0.6 is 0 Å². The lowest BCUT2D eigenvalue weighted by Crippen LogP contribution is -2.41. The van der Waals surface area contributed by atoms with Crippen molar-refractivity contribution in [2.75, 3.05) is 0 Å². The van der Waals surface area contributed by atoms with E-state index in [1.165, 1.54) is 12.3 Å². The molecule has 0 amide bonds. The number of rotatable bonds is 2. The van der Waals surface area contributed by atoms with Crippen LogP contribution in [-0.4, -0.2) is 34.6 Å². The summed E-state index contributed by atoms with van der Waals surface area (Å²) in [6.07, 6.45) is -4.97. The second-order valence-corrected chi connectivity index (χ2v) is 6.08. The summed E-state index contributed by atoms with van der Waals surface area (Å²) in [6, 6.07) is 1.20. The number of alkyl halides is 3. The van der Waals surface area contributed by atoms with Gasteiger partial charge in [0.05, 0.1) is 11.2 Å². The molecule has 1 saturated heterocycles. The Morgan fingerprint density at radius 2 is 1.67 bits per heavy atom. The summed E-state index contributed by atoms with van der Waals surface area (Å²) in [4.78, 5) is 3.74. The molecular formula is C13H17BF3NO3. The van der Waals surface area contributed by atoms with E-state index in [0.29, 0.717) is 5.46 Å². The van der Waals surface area contributed by atoms with Crippen LogP contribution in [0, 0.1) is 0 Å². The predicted octanol–water partition coefficient (Wildman–Crippen LogP) is 1.98. The molecule has 21 heavy (non-hydrogen) atoms. The first-order valence-corrected chi connectivity index (χ1v) is 6.49. The molecule has 0 radical (unpaired) electrons. The monoisotopic (exact) mass is 303 g/mol. The number of nitrogens with zero attached hydrogens (tertiary/aromatic N) is 1. The Bertz CT molecular complexity index is 518. The molecule has 0 spiro atoms. The van der Waals surface area contributed by atoms with Crippen molar-refractivity contribution < 1.29 is 27.6 Å². The Morgan fingerprint density at radius 3 is 2.14 bits per heavy atom. The fourth-order valence-corrected chi connectivity index (χ4v) is 1.92. The highest BCUT2D eigenvalue weighted by Crippen LogP contribution is 2.37. The second kappa shape index (κ2) is 4.96. The van der Waals surface area contributed by atoms with Gasteiger partial charge in [-0.1, -0.05) is 6.07 Å². The summed E-state index contributed by atoms with van der Waals surface area (Å²) in [5.41, 5.74) is -1.20. The number of aliphatic hydroxyl groups is 1. The van der Waals surface area contributed by atoms with Crippen LogP contribution in [0.3, 0.4) is 0 Å². The van der Waals surface area contributed by atoms with E-state index in [1.807, 2.05) is 27.7 Å². The Hall–Kier alpha value is -1.12. The summed E-state index contributed by atoms with van der Waals surface area (Å²) in [6.45, 7) is 7.37. The van der Waals surface area contributed by atoms with Gasteiger partial charge in [-0.3, -0.25) is 4.98 Å². The van der Waals surface area contributed by atoms with Crippen LogP contribution in [0.1, 0.15) is 39.4 Å². The first-order chi connectivity index (χ1) is 9.44. The second-order valence-electron chi connectivity index (χ2n) is 6.08. The van der Waals surface area contributed by atoms with Gasteiger partial charge in [0.1, 0.15) is 0 Å². The van der Waals surface area contributed by atoms with Crippen LogP contribution in [0.5, 0.6) is 0 Å². The van der Waals surface area contributed by atoms with Crippen LogP contribution in [0.25, 0.3) is 0 Å². The van der Waals surface area contributed by atoms with E-state index in [9.17, 15) is 18.3 Å². The predicted molar refractivity (Wildman–Crippen MR) is 71.0 cm³/mol. The standard InChI is InChI=1S/C13H17BF3NO3/c1-11(2)12(3,4)21-14(20-11)9-5-8(6-18-7-9)10(19)13(15,16)17/h5-7,10,19H,1-4H3. The molecular weight excluding hydrogens is 286 g/mol. The Labute approximate surface area is 121 Å². The minimum Gasteiger partial charge on any atom is -0.399 e. The zero-order valence-electron chi connectivity index (χ0n) is 12.2. The minimum absolute atomic E-state index is 0.338. The molecule has 4 nitrogen and oxygen atoms in total. The van der Waals surface area contributed by atoms with Gasteiger partial charge in [-0.25, -0.2) is 0 Å². The Kier molecular flexibility index (Phi) is 3.84. The van der Waals surface area contributed by atoms with Gasteiger partial charge >= 0.3 is 13.3 Å². The maximum atomic E-state index is 12.5. The lowest BCUT2D eigenvalue weighted by atomic mass is 9.79. The molecule has 0 bridgehead atoms. The fourth-order valence-electron chi connectivity index (χ4n) is 1.92. The molecule has 0 aliphatic carbocycles. The molecule has 1 aromatic heterocycles. The smallest absolute Gasteiger partial charge is 0.399 e. The zero-order chi connectivity index (χ0) is 16.1. The third-order valence-electron chi connectivity index (χ3n) is 3.93. The number of hydrogen-bond donors (Lipinski definition) is 1. The van der Waals surface area contributed by atoms with Gasteiger partial charge in [0, 0.05) is 23.4 Å². The van der Waals surface area contributed by atoms with Crippen LogP contribution in [0.15, 0.2) is 18.5 Å². The van der Waals surface area contributed by atoms with Crippen molar-refractivity contribution in [1.29, 1.82) is 0 Å². The molecule has 0 aromatic carbocycles. The van der Waals surface area contributed by atoms with E-state index in [2.05, 4.69) is 4.98 Å². The van der Waals surface area contributed by atoms with Gasteiger partial charge in [-0.05, 0) is 27.7 Å². The van der Waals surface area contributed by atoms with E-state index in [4.69, 9.17) is 9.31 Å². The van der Waals surface area contributed by atoms with Crippen molar-refractivity contribution in [3.05, 3.63) is 24.0 Å². The van der Waals surface area contributed by atoms with Crippen molar-refractivity contribution in [3.8, 4) is 0 Å². The molecule has 116 valence electrons. The van der Waals surface area contributed by atoms with Crippen LogP contribution < -0.4 is 5.46 Å². The van der Waals surface area contributed by atoms with Gasteiger partial charge < -0.3 is 14.4 Å². The van der Waals surface area contributed by atoms with Crippen LogP contribution in [0.4, 0.5) is 13.2 Å². The molecule has 0 saturated carbocycles. The van der Waals surface area contributed by atoms with Crippen LogP contribution in [-0.2, 0) is 9.31 Å². The summed E-state index contributed by atoms with van der Waals surface area (Å²) < 4.78 is 49.1. The van der Waals surface area contributed by atoms with E-state index in [0.717, 1.165) is 6.20 Å². The highest BCUT2D eigenvalue weighted by atomic mass is 19.4. The van der Waals surface area contributed by atoms with E-state index < -0.39 is 30.6 Å². The average Bonchev–Trinajstić information content (AvgIpc) is 2.57. The number of hydrogen-bond acceptors (Lipinski definition) is 4. The highest BCUT2D eigenvalue weighted by molar-refractivity contribution is 6.62. The maximum Gasteiger partial charge on any atom is 0.496 e. The summed E-state index contributed by atoms with van der Waals surface area (Å²) >= 11 is 0. The lowest BCUT2D eigenvalue weighted by Gasteiger charge is -2.32. The first-order valence-electron chi connectivity index (χ1n) is 6.49. The molecule has 2 heterocycles. The largest absolute Gasteiger partial charge is 0.496 e. The fraction of sp³-hybridized carbons (Fsp3) is 0.615. The third-order valence-corrected chi connectivity index (χ3v) is 3.93. The zero-order valence-corrected chi connectivity index (χ0v) is 12.2. The molecule has 1 fully saturated rings. The third kappa shape index (κ3) is 3.07. The maximum absolute atomic E-state index is 12.5. The topological polar surface area (TPSA) is 51.6 Å². The molecule has 1 aliphatic heterocycles. The summed E-state index contributed by atoms with van der Waals surface area (Å²) in [5.74, 6) is 0. The molecule has 1 atom stereocenters. The Balaban J connectivity index is 2.28. The van der Waals surface area contributed by atoms with Crippen molar-refractivity contribution in [1.82, 2.24) is 4.98 Å². The van der Waals surface area contributed by atoms with E-state index in [-0.39, 0.29) is 5.56 Å². The first kappa shape index (κ1) is 16.3. The van der Waals surface area contributed by atoms with Crippen molar-refractivity contribution in [2.45, 2.75) is 51.2 Å². The highest BCUT2D eigenvalue weighted by Gasteiger charge is 2.52. The van der Waals surface area contributed by atoms with Gasteiger partial charge in [-0.15, -0.1) is 0 Å². The summed E-state index contributed by atoms with van der Waals surface area (Å²) in [5, 5.41) is 9.28. The van der Waals surface area contributed by atoms with Gasteiger partial charge in [0.25, 0.3) is 0 Å². The number of aliphatic hydroxyl groups excluding tert-OH is 1. The quantitative estimate of drug-likeness (QED) is 0.849. The Morgan fingerprint density at radius 1 is 1.14 bits per heavy atom. The normalized spacial score (nSPS) is 22.4.